The summed E-state index contributed by atoms with van der Waals surface area (Å²) in [5, 5.41) is 0. The third-order valence-corrected chi connectivity index (χ3v) is 5.51. The molecule has 2 aliphatic rings. The van der Waals surface area contributed by atoms with E-state index < -0.39 is 5.60 Å². The zero-order valence-electron chi connectivity index (χ0n) is 17.9. The molecule has 0 N–H and O–H groups in total. The van der Waals surface area contributed by atoms with Crippen molar-refractivity contribution < 1.29 is 19.0 Å². The van der Waals surface area contributed by atoms with Crippen molar-refractivity contribution in [1.29, 1.82) is 0 Å². The van der Waals surface area contributed by atoms with Crippen LogP contribution in [0.2, 0.25) is 0 Å². The van der Waals surface area contributed by atoms with Gasteiger partial charge in [-0.1, -0.05) is 18.2 Å². The summed E-state index contributed by atoms with van der Waals surface area (Å²) in [6.45, 7) is 7.52. The van der Waals surface area contributed by atoms with E-state index in [9.17, 15) is 4.79 Å². The van der Waals surface area contributed by atoms with Crippen LogP contribution in [0, 0.1) is 5.92 Å². The minimum Gasteiger partial charge on any atom is -0.493 e. The molecule has 1 aliphatic carbocycles. The molecule has 2 fully saturated rings. The van der Waals surface area contributed by atoms with Crippen LogP contribution >= 0.6 is 0 Å². The van der Waals surface area contributed by atoms with Gasteiger partial charge in [-0.25, -0.2) is 4.79 Å². The Morgan fingerprint density at radius 3 is 2.57 bits per heavy atom. The number of amides is 1. The number of hydrogen-bond acceptors (Lipinski definition) is 5. The van der Waals surface area contributed by atoms with Crippen LogP contribution in [-0.2, 0) is 4.74 Å². The second-order valence-electron chi connectivity index (χ2n) is 9.11. The second kappa shape index (κ2) is 8.54. The van der Waals surface area contributed by atoms with E-state index in [1.807, 2.05) is 57.3 Å². The third kappa shape index (κ3) is 5.23. The van der Waals surface area contributed by atoms with E-state index in [1.54, 1.807) is 11.1 Å². The molecule has 3 atom stereocenters. The van der Waals surface area contributed by atoms with Crippen molar-refractivity contribution in [2.24, 2.45) is 5.92 Å². The standard InChI is InChI=1S/C24H30N2O4/c1-24(2,3)30-23(27)26-10-9-19(26)16-29-21-11-17(13-25-14-21)22-12-18(22)15-28-20-7-5-4-6-8-20/h4-8,11,13-14,18-19,22H,9-10,12,15-16H2,1-3H3. The van der Waals surface area contributed by atoms with Gasteiger partial charge in [0.15, 0.2) is 0 Å². The lowest BCUT2D eigenvalue weighted by atomic mass is 10.1. The molecule has 0 radical (unpaired) electrons. The fourth-order valence-corrected chi connectivity index (χ4v) is 3.64. The summed E-state index contributed by atoms with van der Waals surface area (Å²) in [6, 6.07) is 12.0. The summed E-state index contributed by atoms with van der Waals surface area (Å²) in [7, 11) is 0. The summed E-state index contributed by atoms with van der Waals surface area (Å²) in [4.78, 5) is 18.3. The van der Waals surface area contributed by atoms with Gasteiger partial charge in [0.05, 0.1) is 18.8 Å². The smallest absolute Gasteiger partial charge is 0.410 e. The molecule has 2 heterocycles. The molecule has 1 amide bonds. The zero-order chi connectivity index (χ0) is 21.1. The van der Waals surface area contributed by atoms with Crippen LogP contribution < -0.4 is 9.47 Å². The third-order valence-electron chi connectivity index (χ3n) is 5.51. The molecule has 0 spiro atoms. The van der Waals surface area contributed by atoms with Gasteiger partial charge in [0.2, 0.25) is 0 Å². The van der Waals surface area contributed by atoms with Gasteiger partial charge in [-0.2, -0.15) is 0 Å². The molecule has 0 bridgehead atoms. The highest BCUT2D eigenvalue weighted by molar-refractivity contribution is 5.69. The number of ether oxygens (including phenoxy) is 3. The first kappa shape index (κ1) is 20.5. The number of pyridine rings is 1. The molecule has 1 saturated carbocycles. The number of benzene rings is 1. The van der Waals surface area contributed by atoms with Crippen molar-refractivity contribution in [2.45, 2.75) is 51.2 Å². The van der Waals surface area contributed by atoms with E-state index in [0.29, 0.717) is 31.6 Å². The number of para-hydroxylation sites is 1. The average molecular weight is 411 g/mol. The Labute approximate surface area is 178 Å². The van der Waals surface area contributed by atoms with Crippen LogP contribution in [0.5, 0.6) is 11.5 Å². The maximum absolute atomic E-state index is 12.2. The fourth-order valence-electron chi connectivity index (χ4n) is 3.64. The first-order valence-corrected chi connectivity index (χ1v) is 10.6. The van der Waals surface area contributed by atoms with Gasteiger partial charge >= 0.3 is 6.09 Å². The van der Waals surface area contributed by atoms with Crippen molar-refractivity contribution in [3.8, 4) is 11.5 Å². The molecule has 6 nitrogen and oxygen atoms in total. The minimum atomic E-state index is -0.485. The Balaban J connectivity index is 1.25. The summed E-state index contributed by atoms with van der Waals surface area (Å²) >= 11 is 0. The molecule has 2 aromatic rings. The average Bonchev–Trinajstić information content (AvgIpc) is 3.45. The molecule has 4 rings (SSSR count). The summed E-state index contributed by atoms with van der Waals surface area (Å²) in [5.41, 5.74) is 0.702. The van der Waals surface area contributed by atoms with Crippen molar-refractivity contribution in [3.63, 3.8) is 0 Å². The minimum absolute atomic E-state index is 0.0523. The van der Waals surface area contributed by atoms with Gasteiger partial charge in [0.25, 0.3) is 0 Å². The largest absolute Gasteiger partial charge is 0.493 e. The van der Waals surface area contributed by atoms with Gasteiger partial charge in [0.1, 0.15) is 23.7 Å². The monoisotopic (exact) mass is 410 g/mol. The van der Waals surface area contributed by atoms with Crippen LogP contribution in [0.3, 0.4) is 0 Å². The molecule has 30 heavy (non-hydrogen) atoms. The van der Waals surface area contributed by atoms with Crippen LogP contribution in [-0.4, -0.2) is 47.4 Å². The van der Waals surface area contributed by atoms with Crippen LogP contribution in [0.25, 0.3) is 0 Å². The van der Waals surface area contributed by atoms with Crippen molar-refractivity contribution >= 4 is 6.09 Å². The van der Waals surface area contributed by atoms with E-state index in [-0.39, 0.29) is 12.1 Å². The molecular weight excluding hydrogens is 380 g/mol. The maximum atomic E-state index is 12.2. The number of carbonyl (C=O) groups is 1. The Kier molecular flexibility index (Phi) is 5.84. The highest BCUT2D eigenvalue weighted by Gasteiger charge is 2.39. The van der Waals surface area contributed by atoms with E-state index in [1.165, 1.54) is 5.56 Å². The Morgan fingerprint density at radius 2 is 1.87 bits per heavy atom. The topological polar surface area (TPSA) is 60.9 Å². The fraction of sp³-hybridized carbons (Fsp3) is 0.500. The predicted octanol–water partition coefficient (Wildman–Crippen LogP) is 4.65. The van der Waals surface area contributed by atoms with Gasteiger partial charge in [-0.15, -0.1) is 0 Å². The number of likely N-dealkylation sites (tertiary alicyclic amines) is 1. The van der Waals surface area contributed by atoms with Gasteiger partial charge in [0, 0.05) is 18.7 Å². The first-order valence-electron chi connectivity index (χ1n) is 10.6. The van der Waals surface area contributed by atoms with Crippen molar-refractivity contribution in [2.75, 3.05) is 19.8 Å². The van der Waals surface area contributed by atoms with Crippen LogP contribution in [0.4, 0.5) is 4.79 Å². The van der Waals surface area contributed by atoms with Crippen molar-refractivity contribution in [3.05, 3.63) is 54.4 Å². The normalized spacial score (nSPS) is 22.8. The Morgan fingerprint density at radius 1 is 1.10 bits per heavy atom. The van der Waals surface area contributed by atoms with Crippen LogP contribution in [0.1, 0.15) is 45.1 Å². The highest BCUT2D eigenvalue weighted by atomic mass is 16.6. The lowest BCUT2D eigenvalue weighted by Gasteiger charge is -2.40. The van der Waals surface area contributed by atoms with E-state index in [0.717, 1.165) is 24.3 Å². The number of aromatic nitrogens is 1. The van der Waals surface area contributed by atoms with Crippen molar-refractivity contribution in [1.82, 2.24) is 9.88 Å². The summed E-state index contributed by atoms with van der Waals surface area (Å²) in [5.74, 6) is 2.63. The summed E-state index contributed by atoms with van der Waals surface area (Å²) in [6.07, 6.45) is 5.41. The van der Waals surface area contributed by atoms with E-state index in [2.05, 4.69) is 11.1 Å². The highest BCUT2D eigenvalue weighted by Crippen LogP contribution is 2.48. The van der Waals surface area contributed by atoms with E-state index >= 15 is 0 Å². The predicted molar refractivity (Wildman–Crippen MR) is 114 cm³/mol. The zero-order valence-corrected chi connectivity index (χ0v) is 17.9. The second-order valence-corrected chi connectivity index (χ2v) is 9.11. The SMILES string of the molecule is CC(C)(C)OC(=O)N1CCC1COc1cncc(C2CC2COc2ccccc2)c1. The summed E-state index contributed by atoms with van der Waals surface area (Å²) < 4.78 is 17.3. The van der Waals surface area contributed by atoms with Crippen LogP contribution in [0.15, 0.2) is 48.8 Å². The molecule has 1 aromatic carbocycles. The Bertz CT molecular complexity index is 865. The first-order chi connectivity index (χ1) is 14.4. The molecule has 1 aromatic heterocycles. The number of carbonyl (C=O) groups excluding carboxylic acids is 1. The molecule has 3 unspecified atom stereocenters. The van der Waals surface area contributed by atoms with Gasteiger partial charge in [-0.05, 0) is 63.3 Å². The van der Waals surface area contributed by atoms with Gasteiger partial charge < -0.3 is 19.1 Å². The molecule has 160 valence electrons. The number of hydrogen-bond donors (Lipinski definition) is 0. The Hall–Kier alpha value is -2.76. The van der Waals surface area contributed by atoms with Gasteiger partial charge in [-0.3, -0.25) is 4.98 Å². The molecule has 1 aliphatic heterocycles. The quantitative estimate of drug-likeness (QED) is 0.665. The molecule has 1 saturated heterocycles. The lowest BCUT2D eigenvalue weighted by Crippen LogP contribution is -2.55. The maximum Gasteiger partial charge on any atom is 0.410 e. The van der Waals surface area contributed by atoms with E-state index in [4.69, 9.17) is 14.2 Å². The molecular formula is C24H30N2O4. The lowest BCUT2D eigenvalue weighted by molar-refractivity contribution is -0.0141. The number of rotatable bonds is 7. The number of nitrogens with zero attached hydrogens (tertiary/aromatic N) is 2. The molecule has 6 heteroatoms.